The standard InChI is InChI=1S/C13H18ClN3O2S/c1-17-7-3-6-15-13(17)16-9-10-4-5-12(11(14)8-10)20(2,18)19/h4-5,8H,3,6-7,9H2,1-2H3,(H,15,16). The number of sulfone groups is 1. The second-order valence-corrected chi connectivity index (χ2v) is 7.26. The lowest BCUT2D eigenvalue weighted by atomic mass is 10.2. The molecule has 1 aromatic carbocycles. The van der Waals surface area contributed by atoms with Crippen molar-refractivity contribution in [2.75, 3.05) is 26.4 Å². The molecule has 0 fully saturated rings. The molecule has 1 heterocycles. The third-order valence-electron chi connectivity index (χ3n) is 3.12. The molecule has 20 heavy (non-hydrogen) atoms. The average molecular weight is 316 g/mol. The fraction of sp³-hybridized carbons (Fsp3) is 0.462. The zero-order chi connectivity index (χ0) is 14.8. The molecule has 0 radical (unpaired) electrons. The SMILES string of the molecule is CN1CCCN=C1NCc1ccc(S(C)(=O)=O)c(Cl)c1. The Labute approximate surface area is 124 Å². The molecule has 0 spiro atoms. The van der Waals surface area contributed by atoms with Crippen molar-refractivity contribution in [3.8, 4) is 0 Å². The van der Waals surface area contributed by atoms with Crippen molar-refractivity contribution in [3.63, 3.8) is 0 Å². The van der Waals surface area contributed by atoms with Crippen molar-refractivity contribution in [2.45, 2.75) is 17.9 Å². The summed E-state index contributed by atoms with van der Waals surface area (Å²) in [6.07, 6.45) is 2.22. The first-order chi connectivity index (χ1) is 9.38. The van der Waals surface area contributed by atoms with Gasteiger partial charge in [0.2, 0.25) is 0 Å². The molecule has 0 bridgehead atoms. The lowest BCUT2D eigenvalue weighted by Gasteiger charge is -2.25. The van der Waals surface area contributed by atoms with Gasteiger partial charge in [0.1, 0.15) is 0 Å². The predicted molar refractivity (Wildman–Crippen MR) is 81.0 cm³/mol. The van der Waals surface area contributed by atoms with Gasteiger partial charge in [-0.2, -0.15) is 0 Å². The quantitative estimate of drug-likeness (QED) is 0.919. The Balaban J connectivity index is 2.08. The van der Waals surface area contributed by atoms with Crippen LogP contribution in [-0.4, -0.2) is 45.7 Å². The van der Waals surface area contributed by atoms with E-state index in [0.29, 0.717) is 6.54 Å². The van der Waals surface area contributed by atoms with E-state index in [1.54, 1.807) is 18.2 Å². The van der Waals surface area contributed by atoms with Crippen LogP contribution in [0, 0.1) is 0 Å². The first-order valence-electron chi connectivity index (χ1n) is 6.36. The van der Waals surface area contributed by atoms with Crippen LogP contribution in [0.5, 0.6) is 0 Å². The van der Waals surface area contributed by atoms with Crippen molar-refractivity contribution < 1.29 is 8.42 Å². The number of nitrogens with zero attached hydrogens (tertiary/aromatic N) is 2. The molecule has 1 aromatic rings. The summed E-state index contributed by atoms with van der Waals surface area (Å²) in [6, 6.07) is 4.98. The molecule has 7 heteroatoms. The summed E-state index contributed by atoms with van der Waals surface area (Å²) in [6.45, 7) is 2.38. The van der Waals surface area contributed by atoms with Gasteiger partial charge in [0, 0.05) is 32.9 Å². The maximum absolute atomic E-state index is 11.5. The highest BCUT2D eigenvalue weighted by Crippen LogP contribution is 2.22. The smallest absolute Gasteiger partial charge is 0.193 e. The van der Waals surface area contributed by atoms with E-state index < -0.39 is 9.84 Å². The number of aliphatic imine (C=N–C) groups is 1. The monoisotopic (exact) mass is 315 g/mol. The fourth-order valence-electron chi connectivity index (χ4n) is 2.05. The number of nitrogens with one attached hydrogen (secondary N) is 1. The van der Waals surface area contributed by atoms with Crippen LogP contribution in [-0.2, 0) is 16.4 Å². The maximum Gasteiger partial charge on any atom is 0.193 e. The van der Waals surface area contributed by atoms with Crippen LogP contribution in [0.25, 0.3) is 0 Å². The minimum absolute atomic E-state index is 0.162. The van der Waals surface area contributed by atoms with Gasteiger partial charge in [-0.05, 0) is 24.1 Å². The second kappa shape index (κ2) is 6.01. The molecule has 0 aliphatic carbocycles. The molecule has 1 aliphatic heterocycles. The van der Waals surface area contributed by atoms with Crippen molar-refractivity contribution in [1.29, 1.82) is 0 Å². The molecule has 0 atom stereocenters. The van der Waals surface area contributed by atoms with Gasteiger partial charge >= 0.3 is 0 Å². The van der Waals surface area contributed by atoms with Crippen LogP contribution < -0.4 is 5.32 Å². The predicted octanol–water partition coefficient (Wildman–Crippen LogP) is 1.52. The molecule has 2 rings (SSSR count). The molecule has 0 aromatic heterocycles. The molecular formula is C13H18ClN3O2S. The van der Waals surface area contributed by atoms with Crippen molar-refractivity contribution >= 4 is 27.4 Å². The zero-order valence-electron chi connectivity index (χ0n) is 11.6. The molecular weight excluding hydrogens is 298 g/mol. The molecule has 1 aliphatic rings. The molecule has 0 unspecified atom stereocenters. The number of rotatable bonds is 3. The molecule has 0 saturated carbocycles. The van der Waals surface area contributed by atoms with E-state index in [9.17, 15) is 8.42 Å². The van der Waals surface area contributed by atoms with Crippen LogP contribution in [0.4, 0.5) is 0 Å². The van der Waals surface area contributed by atoms with E-state index >= 15 is 0 Å². The Bertz CT molecular complexity index is 629. The summed E-state index contributed by atoms with van der Waals surface area (Å²) in [4.78, 5) is 6.63. The summed E-state index contributed by atoms with van der Waals surface area (Å²) < 4.78 is 23.0. The van der Waals surface area contributed by atoms with E-state index in [2.05, 4.69) is 15.2 Å². The normalized spacial score (nSPS) is 15.9. The third-order valence-corrected chi connectivity index (χ3v) is 4.70. The summed E-state index contributed by atoms with van der Waals surface area (Å²) in [7, 11) is -1.29. The van der Waals surface area contributed by atoms with Crippen LogP contribution in [0.1, 0.15) is 12.0 Å². The van der Waals surface area contributed by atoms with E-state index in [1.165, 1.54) is 0 Å². The van der Waals surface area contributed by atoms with Crippen LogP contribution >= 0.6 is 11.6 Å². The third kappa shape index (κ3) is 3.64. The van der Waals surface area contributed by atoms with Gasteiger partial charge in [-0.1, -0.05) is 17.7 Å². The molecule has 1 N–H and O–H groups in total. The molecule has 5 nitrogen and oxygen atoms in total. The molecule has 0 amide bonds. The van der Waals surface area contributed by atoms with Gasteiger partial charge in [0.25, 0.3) is 0 Å². The van der Waals surface area contributed by atoms with Gasteiger partial charge in [0.15, 0.2) is 15.8 Å². The van der Waals surface area contributed by atoms with Gasteiger partial charge in [0.05, 0.1) is 9.92 Å². The molecule has 0 saturated heterocycles. The highest BCUT2D eigenvalue weighted by molar-refractivity contribution is 7.90. The average Bonchev–Trinajstić information content (AvgIpc) is 2.36. The van der Waals surface area contributed by atoms with Crippen LogP contribution in [0.2, 0.25) is 5.02 Å². The van der Waals surface area contributed by atoms with Gasteiger partial charge < -0.3 is 10.2 Å². The van der Waals surface area contributed by atoms with Crippen LogP contribution in [0.3, 0.4) is 0 Å². The minimum Gasteiger partial charge on any atom is -0.352 e. The van der Waals surface area contributed by atoms with Gasteiger partial charge in [-0.15, -0.1) is 0 Å². The fourth-order valence-corrected chi connectivity index (χ4v) is 3.40. The second-order valence-electron chi connectivity index (χ2n) is 4.87. The van der Waals surface area contributed by atoms with E-state index in [-0.39, 0.29) is 9.92 Å². The van der Waals surface area contributed by atoms with Crippen LogP contribution in [0.15, 0.2) is 28.1 Å². The van der Waals surface area contributed by atoms with Gasteiger partial charge in [-0.25, -0.2) is 8.42 Å². The maximum atomic E-state index is 11.5. The van der Waals surface area contributed by atoms with Gasteiger partial charge in [-0.3, -0.25) is 4.99 Å². The van der Waals surface area contributed by atoms with Crippen molar-refractivity contribution in [3.05, 3.63) is 28.8 Å². The highest BCUT2D eigenvalue weighted by atomic mass is 35.5. The largest absolute Gasteiger partial charge is 0.352 e. The Hall–Kier alpha value is -1.27. The Morgan fingerprint density at radius 2 is 2.20 bits per heavy atom. The van der Waals surface area contributed by atoms with E-state index in [0.717, 1.165) is 37.3 Å². The lowest BCUT2D eigenvalue weighted by Crippen LogP contribution is -2.41. The topological polar surface area (TPSA) is 61.8 Å². The first kappa shape index (κ1) is 15.1. The highest BCUT2D eigenvalue weighted by Gasteiger charge is 2.13. The zero-order valence-corrected chi connectivity index (χ0v) is 13.1. The summed E-state index contributed by atoms with van der Waals surface area (Å²) >= 11 is 6.02. The van der Waals surface area contributed by atoms with Crippen molar-refractivity contribution in [1.82, 2.24) is 10.2 Å². The molecule has 110 valence electrons. The van der Waals surface area contributed by atoms with E-state index in [4.69, 9.17) is 11.6 Å². The minimum atomic E-state index is -3.28. The Morgan fingerprint density at radius 1 is 1.45 bits per heavy atom. The van der Waals surface area contributed by atoms with E-state index in [1.807, 2.05) is 7.05 Å². The summed E-state index contributed by atoms with van der Waals surface area (Å²) in [5.74, 6) is 0.861. The van der Waals surface area contributed by atoms with Crippen molar-refractivity contribution in [2.24, 2.45) is 4.99 Å². The number of benzene rings is 1. The number of hydrogen-bond donors (Lipinski definition) is 1. The lowest BCUT2D eigenvalue weighted by molar-refractivity contribution is 0.446. The first-order valence-corrected chi connectivity index (χ1v) is 8.63. The number of hydrogen-bond acceptors (Lipinski definition) is 5. The number of guanidine groups is 1. The Morgan fingerprint density at radius 3 is 2.80 bits per heavy atom. The number of halogens is 1. The Kier molecular flexibility index (Phi) is 4.55. The summed E-state index contributed by atoms with van der Waals surface area (Å²) in [5, 5.41) is 3.50. The summed E-state index contributed by atoms with van der Waals surface area (Å²) in [5.41, 5.74) is 0.920.